The first-order chi connectivity index (χ1) is 14.2. The fourth-order valence-corrected chi connectivity index (χ4v) is 4.05. The Morgan fingerprint density at radius 2 is 1.59 bits per heavy atom. The number of ketones is 1. The molecule has 1 unspecified atom stereocenters. The third-order valence-corrected chi connectivity index (χ3v) is 5.58. The van der Waals surface area contributed by atoms with E-state index in [0.717, 1.165) is 24.2 Å². The molecule has 0 spiro atoms. The molecule has 0 radical (unpaired) electrons. The molecule has 29 heavy (non-hydrogen) atoms. The van der Waals surface area contributed by atoms with Crippen molar-refractivity contribution in [2.75, 3.05) is 18.5 Å². The van der Waals surface area contributed by atoms with Crippen LogP contribution in [-0.2, 0) is 6.42 Å². The zero-order chi connectivity index (χ0) is 20.2. The van der Waals surface area contributed by atoms with Crippen molar-refractivity contribution in [1.29, 1.82) is 0 Å². The Morgan fingerprint density at radius 3 is 2.31 bits per heavy atom. The van der Waals surface area contributed by atoms with E-state index < -0.39 is 0 Å². The minimum atomic E-state index is -0.101. The van der Waals surface area contributed by atoms with Crippen LogP contribution in [0.25, 0.3) is 0 Å². The van der Waals surface area contributed by atoms with Gasteiger partial charge in [-0.15, -0.1) is 0 Å². The van der Waals surface area contributed by atoms with Crippen LogP contribution >= 0.6 is 0 Å². The quantitative estimate of drug-likeness (QED) is 0.663. The molecule has 1 atom stereocenters. The topological polar surface area (TPSA) is 49.4 Å². The molecule has 146 valence electrons. The van der Waals surface area contributed by atoms with Gasteiger partial charge in [-0.2, -0.15) is 0 Å². The SMILES string of the molecule is CNC(=O)c1ccc(N2CCc3ccccc3C2CC(=O)c2ccccc2)cc1. The van der Waals surface area contributed by atoms with Crippen LogP contribution in [0.1, 0.15) is 44.3 Å². The molecule has 1 aliphatic heterocycles. The maximum Gasteiger partial charge on any atom is 0.251 e. The van der Waals surface area contributed by atoms with Gasteiger partial charge in [-0.3, -0.25) is 9.59 Å². The van der Waals surface area contributed by atoms with E-state index in [9.17, 15) is 9.59 Å². The molecule has 0 bridgehead atoms. The molecule has 1 N–H and O–H groups in total. The number of carbonyl (C=O) groups excluding carboxylic acids is 2. The number of hydrogen-bond donors (Lipinski definition) is 1. The number of fused-ring (bicyclic) bond motifs is 1. The van der Waals surface area contributed by atoms with E-state index in [4.69, 9.17) is 0 Å². The fraction of sp³-hybridized carbons (Fsp3) is 0.200. The van der Waals surface area contributed by atoms with Gasteiger partial charge in [-0.05, 0) is 41.8 Å². The van der Waals surface area contributed by atoms with Gasteiger partial charge in [0.15, 0.2) is 5.78 Å². The first-order valence-corrected chi connectivity index (χ1v) is 9.92. The van der Waals surface area contributed by atoms with Crippen molar-refractivity contribution in [2.24, 2.45) is 0 Å². The van der Waals surface area contributed by atoms with Gasteiger partial charge in [0.2, 0.25) is 0 Å². The third-order valence-electron chi connectivity index (χ3n) is 5.58. The number of anilines is 1. The van der Waals surface area contributed by atoms with Crippen molar-refractivity contribution in [3.63, 3.8) is 0 Å². The molecule has 3 aromatic carbocycles. The molecule has 0 aromatic heterocycles. The lowest BCUT2D eigenvalue weighted by Gasteiger charge is -2.39. The van der Waals surface area contributed by atoms with E-state index in [-0.39, 0.29) is 17.7 Å². The summed E-state index contributed by atoms with van der Waals surface area (Å²) in [6.45, 7) is 0.836. The second kappa shape index (κ2) is 8.31. The van der Waals surface area contributed by atoms with Gasteiger partial charge >= 0.3 is 0 Å². The summed E-state index contributed by atoms with van der Waals surface area (Å²) in [5.74, 6) is 0.0376. The Labute approximate surface area is 171 Å². The van der Waals surface area contributed by atoms with Gasteiger partial charge in [0, 0.05) is 36.8 Å². The summed E-state index contributed by atoms with van der Waals surface area (Å²) in [5, 5.41) is 2.65. The average molecular weight is 384 g/mol. The van der Waals surface area contributed by atoms with Crippen LogP contribution in [0, 0.1) is 0 Å². The molecule has 1 aliphatic rings. The van der Waals surface area contributed by atoms with E-state index >= 15 is 0 Å². The van der Waals surface area contributed by atoms with Crippen molar-refractivity contribution in [2.45, 2.75) is 18.9 Å². The first kappa shape index (κ1) is 18.9. The maximum atomic E-state index is 13.0. The summed E-state index contributed by atoms with van der Waals surface area (Å²) < 4.78 is 0. The number of rotatable bonds is 5. The molecule has 4 rings (SSSR count). The normalized spacial score (nSPS) is 15.5. The predicted molar refractivity (Wildman–Crippen MR) is 115 cm³/mol. The Morgan fingerprint density at radius 1 is 0.897 bits per heavy atom. The number of hydrogen-bond acceptors (Lipinski definition) is 3. The second-order valence-corrected chi connectivity index (χ2v) is 7.28. The highest BCUT2D eigenvalue weighted by atomic mass is 16.1. The molecule has 4 nitrogen and oxygen atoms in total. The van der Waals surface area contributed by atoms with Crippen molar-refractivity contribution in [3.8, 4) is 0 Å². The van der Waals surface area contributed by atoms with Crippen molar-refractivity contribution >= 4 is 17.4 Å². The molecule has 1 heterocycles. The Kier molecular flexibility index (Phi) is 5.43. The third kappa shape index (κ3) is 3.92. The summed E-state index contributed by atoms with van der Waals surface area (Å²) in [4.78, 5) is 27.2. The summed E-state index contributed by atoms with van der Waals surface area (Å²) >= 11 is 0. The predicted octanol–water partition coefficient (Wildman–Crippen LogP) is 4.42. The van der Waals surface area contributed by atoms with E-state index in [0.29, 0.717) is 12.0 Å². The molecular weight excluding hydrogens is 360 g/mol. The van der Waals surface area contributed by atoms with Gasteiger partial charge in [0.25, 0.3) is 5.91 Å². The van der Waals surface area contributed by atoms with Crippen LogP contribution < -0.4 is 10.2 Å². The lowest BCUT2D eigenvalue weighted by atomic mass is 9.88. The molecule has 0 saturated carbocycles. The molecule has 4 heteroatoms. The van der Waals surface area contributed by atoms with Crippen LogP contribution in [0.5, 0.6) is 0 Å². The highest BCUT2D eigenvalue weighted by Gasteiger charge is 2.29. The molecule has 1 amide bonds. The monoisotopic (exact) mass is 384 g/mol. The van der Waals surface area contributed by atoms with Crippen molar-refractivity contribution < 1.29 is 9.59 Å². The summed E-state index contributed by atoms with van der Waals surface area (Å²) in [5.41, 5.74) is 4.91. The van der Waals surface area contributed by atoms with Crippen molar-refractivity contribution in [3.05, 3.63) is 101 Å². The summed E-state index contributed by atoms with van der Waals surface area (Å²) in [6.07, 6.45) is 1.35. The first-order valence-electron chi connectivity index (χ1n) is 9.92. The molecule has 0 aliphatic carbocycles. The number of nitrogens with one attached hydrogen (secondary N) is 1. The Hall–Kier alpha value is -3.40. The highest BCUT2D eigenvalue weighted by molar-refractivity contribution is 5.97. The molecular formula is C25H24N2O2. The van der Waals surface area contributed by atoms with Crippen LogP contribution in [0.3, 0.4) is 0 Å². The summed E-state index contributed by atoms with van der Waals surface area (Å²) in [6, 6.07) is 25.4. The van der Waals surface area contributed by atoms with Crippen LogP contribution in [0.15, 0.2) is 78.9 Å². The van der Waals surface area contributed by atoms with Gasteiger partial charge in [0.1, 0.15) is 0 Å². The lowest BCUT2D eigenvalue weighted by molar-refractivity contribution is 0.0959. The highest BCUT2D eigenvalue weighted by Crippen LogP contribution is 2.36. The zero-order valence-electron chi connectivity index (χ0n) is 16.5. The smallest absolute Gasteiger partial charge is 0.251 e. The number of benzene rings is 3. The Balaban J connectivity index is 1.67. The van der Waals surface area contributed by atoms with Crippen LogP contribution in [0.2, 0.25) is 0 Å². The van der Waals surface area contributed by atoms with Gasteiger partial charge in [0.05, 0.1) is 6.04 Å². The minimum Gasteiger partial charge on any atom is -0.364 e. The van der Waals surface area contributed by atoms with E-state index in [1.54, 1.807) is 7.05 Å². The number of amides is 1. The van der Waals surface area contributed by atoms with Crippen molar-refractivity contribution in [1.82, 2.24) is 5.32 Å². The number of nitrogens with zero attached hydrogens (tertiary/aromatic N) is 1. The number of carbonyl (C=O) groups is 2. The number of Topliss-reactive ketones (excluding diaryl/α,β-unsaturated/α-hetero) is 1. The van der Waals surface area contributed by atoms with Crippen LogP contribution in [0.4, 0.5) is 5.69 Å². The van der Waals surface area contributed by atoms with Gasteiger partial charge < -0.3 is 10.2 Å². The standard InChI is InChI=1S/C25H24N2O2/c1-26-25(29)20-11-13-21(14-12-20)27-16-15-18-7-5-6-10-22(18)23(27)17-24(28)19-8-3-2-4-9-19/h2-14,23H,15-17H2,1H3,(H,26,29). The van der Waals surface area contributed by atoms with E-state index in [1.165, 1.54) is 11.1 Å². The lowest BCUT2D eigenvalue weighted by Crippen LogP contribution is -2.36. The average Bonchev–Trinajstić information content (AvgIpc) is 2.79. The Bertz CT molecular complexity index is 1010. The molecule has 0 fully saturated rings. The van der Waals surface area contributed by atoms with E-state index in [2.05, 4.69) is 28.4 Å². The minimum absolute atomic E-state index is 0.0292. The maximum absolute atomic E-state index is 13.0. The molecule has 3 aromatic rings. The molecule has 0 saturated heterocycles. The van der Waals surface area contributed by atoms with Crippen LogP contribution in [-0.4, -0.2) is 25.3 Å². The fourth-order valence-electron chi connectivity index (χ4n) is 4.05. The van der Waals surface area contributed by atoms with Gasteiger partial charge in [-0.25, -0.2) is 0 Å². The largest absolute Gasteiger partial charge is 0.364 e. The summed E-state index contributed by atoms with van der Waals surface area (Å²) in [7, 11) is 1.63. The van der Waals surface area contributed by atoms with E-state index in [1.807, 2.05) is 60.7 Å². The second-order valence-electron chi connectivity index (χ2n) is 7.28. The zero-order valence-corrected chi connectivity index (χ0v) is 16.5. The van der Waals surface area contributed by atoms with Gasteiger partial charge in [-0.1, -0.05) is 54.6 Å².